The SMILES string of the molecule is COc1cc(C)c(C)cc1NCCCC(C)=O. The maximum absolute atomic E-state index is 10.8. The third-order valence-electron chi connectivity index (χ3n) is 2.84. The first-order valence-corrected chi connectivity index (χ1v) is 5.93. The zero-order chi connectivity index (χ0) is 12.8. The highest BCUT2D eigenvalue weighted by Crippen LogP contribution is 2.27. The summed E-state index contributed by atoms with van der Waals surface area (Å²) in [5.41, 5.74) is 3.45. The number of benzene rings is 1. The molecule has 3 heteroatoms. The summed E-state index contributed by atoms with van der Waals surface area (Å²) in [4.78, 5) is 10.8. The minimum Gasteiger partial charge on any atom is -0.495 e. The highest BCUT2D eigenvalue weighted by molar-refractivity contribution is 5.75. The lowest BCUT2D eigenvalue weighted by atomic mass is 10.1. The van der Waals surface area contributed by atoms with Crippen molar-refractivity contribution in [3.05, 3.63) is 23.3 Å². The van der Waals surface area contributed by atoms with Crippen molar-refractivity contribution in [2.45, 2.75) is 33.6 Å². The maximum Gasteiger partial charge on any atom is 0.142 e. The number of methoxy groups -OCH3 is 1. The van der Waals surface area contributed by atoms with Gasteiger partial charge < -0.3 is 14.8 Å². The Bertz CT molecular complexity index is 399. The molecule has 94 valence electrons. The lowest BCUT2D eigenvalue weighted by molar-refractivity contribution is -0.117. The van der Waals surface area contributed by atoms with E-state index in [0.29, 0.717) is 6.42 Å². The molecule has 0 heterocycles. The number of anilines is 1. The molecule has 0 aliphatic carbocycles. The van der Waals surface area contributed by atoms with Crippen molar-refractivity contribution in [2.75, 3.05) is 19.0 Å². The second-order valence-electron chi connectivity index (χ2n) is 4.37. The first kappa shape index (κ1) is 13.6. The third-order valence-corrected chi connectivity index (χ3v) is 2.84. The number of ether oxygens (including phenoxy) is 1. The van der Waals surface area contributed by atoms with Gasteiger partial charge >= 0.3 is 0 Å². The zero-order valence-corrected chi connectivity index (χ0v) is 11.1. The molecule has 3 nitrogen and oxygen atoms in total. The molecule has 1 rings (SSSR count). The van der Waals surface area contributed by atoms with Gasteiger partial charge in [-0.15, -0.1) is 0 Å². The van der Waals surface area contributed by atoms with Crippen LogP contribution in [-0.4, -0.2) is 19.4 Å². The van der Waals surface area contributed by atoms with Gasteiger partial charge in [-0.1, -0.05) is 0 Å². The summed E-state index contributed by atoms with van der Waals surface area (Å²) < 4.78 is 5.33. The van der Waals surface area contributed by atoms with Crippen molar-refractivity contribution in [1.82, 2.24) is 0 Å². The fourth-order valence-corrected chi connectivity index (χ4v) is 1.66. The van der Waals surface area contributed by atoms with Crippen molar-refractivity contribution in [1.29, 1.82) is 0 Å². The summed E-state index contributed by atoms with van der Waals surface area (Å²) in [6.07, 6.45) is 1.48. The maximum atomic E-state index is 10.8. The van der Waals surface area contributed by atoms with Crippen LogP contribution in [0.4, 0.5) is 5.69 Å². The second kappa shape index (κ2) is 6.28. The highest BCUT2D eigenvalue weighted by atomic mass is 16.5. The largest absolute Gasteiger partial charge is 0.495 e. The standard InChI is InChI=1S/C14H21NO2/c1-10-8-13(14(17-4)9-11(10)2)15-7-5-6-12(3)16/h8-9,15H,5-7H2,1-4H3. The van der Waals surface area contributed by atoms with E-state index >= 15 is 0 Å². The average molecular weight is 235 g/mol. The Morgan fingerprint density at radius 2 is 1.94 bits per heavy atom. The Morgan fingerprint density at radius 3 is 2.53 bits per heavy atom. The number of rotatable bonds is 6. The molecule has 0 amide bonds. The second-order valence-corrected chi connectivity index (χ2v) is 4.37. The van der Waals surface area contributed by atoms with Gasteiger partial charge in [-0.05, 0) is 50.5 Å². The van der Waals surface area contributed by atoms with E-state index in [1.807, 2.05) is 6.07 Å². The quantitative estimate of drug-likeness (QED) is 0.770. The number of hydrogen-bond acceptors (Lipinski definition) is 3. The average Bonchev–Trinajstić information content (AvgIpc) is 2.28. The molecular formula is C14H21NO2. The van der Waals surface area contributed by atoms with Crippen LogP contribution in [0.5, 0.6) is 5.75 Å². The molecule has 0 atom stereocenters. The Morgan fingerprint density at radius 1 is 1.29 bits per heavy atom. The summed E-state index contributed by atoms with van der Waals surface area (Å²) in [5.74, 6) is 1.09. The minimum absolute atomic E-state index is 0.235. The van der Waals surface area contributed by atoms with Gasteiger partial charge in [0.25, 0.3) is 0 Å². The number of aryl methyl sites for hydroxylation is 2. The summed E-state index contributed by atoms with van der Waals surface area (Å²) in [6, 6.07) is 4.12. The molecule has 1 aromatic carbocycles. The molecule has 0 bridgehead atoms. The van der Waals surface area contributed by atoms with Crippen molar-refractivity contribution in [2.24, 2.45) is 0 Å². The van der Waals surface area contributed by atoms with E-state index in [4.69, 9.17) is 4.74 Å². The fraction of sp³-hybridized carbons (Fsp3) is 0.500. The number of ketones is 1. The molecule has 0 saturated heterocycles. The van der Waals surface area contributed by atoms with Crippen LogP contribution in [0, 0.1) is 13.8 Å². The highest BCUT2D eigenvalue weighted by Gasteiger charge is 2.05. The van der Waals surface area contributed by atoms with Gasteiger partial charge in [0, 0.05) is 13.0 Å². The Hall–Kier alpha value is -1.51. The van der Waals surface area contributed by atoms with E-state index in [1.165, 1.54) is 11.1 Å². The van der Waals surface area contributed by atoms with Crippen LogP contribution in [-0.2, 0) is 4.79 Å². The molecule has 0 saturated carbocycles. The lowest BCUT2D eigenvalue weighted by Crippen LogP contribution is -2.05. The molecule has 1 aromatic rings. The van der Waals surface area contributed by atoms with Gasteiger partial charge in [0.1, 0.15) is 11.5 Å². The molecule has 0 unspecified atom stereocenters. The third kappa shape index (κ3) is 4.10. The number of Topliss-reactive ketones (excluding diaryl/α,β-unsaturated/α-hetero) is 1. The first-order chi connectivity index (χ1) is 8.04. The monoisotopic (exact) mass is 235 g/mol. The van der Waals surface area contributed by atoms with Crippen LogP contribution in [0.15, 0.2) is 12.1 Å². The molecular weight excluding hydrogens is 214 g/mol. The van der Waals surface area contributed by atoms with E-state index in [9.17, 15) is 4.79 Å². The summed E-state index contributed by atoms with van der Waals surface area (Å²) in [5, 5.41) is 3.31. The van der Waals surface area contributed by atoms with Gasteiger partial charge in [0.15, 0.2) is 0 Å². The molecule has 17 heavy (non-hydrogen) atoms. The van der Waals surface area contributed by atoms with Gasteiger partial charge in [-0.3, -0.25) is 0 Å². The van der Waals surface area contributed by atoms with Crippen LogP contribution < -0.4 is 10.1 Å². The van der Waals surface area contributed by atoms with Crippen LogP contribution in [0.1, 0.15) is 30.9 Å². The van der Waals surface area contributed by atoms with E-state index in [1.54, 1.807) is 14.0 Å². The Labute approximate surface area is 103 Å². The molecule has 0 aliphatic rings. The van der Waals surface area contributed by atoms with Gasteiger partial charge in [-0.2, -0.15) is 0 Å². The van der Waals surface area contributed by atoms with Gasteiger partial charge in [0.05, 0.1) is 12.8 Å². The smallest absolute Gasteiger partial charge is 0.142 e. The van der Waals surface area contributed by atoms with Crippen LogP contribution in [0.2, 0.25) is 0 Å². The number of nitrogens with one attached hydrogen (secondary N) is 1. The lowest BCUT2D eigenvalue weighted by Gasteiger charge is -2.13. The van der Waals surface area contributed by atoms with Crippen molar-refractivity contribution >= 4 is 11.5 Å². The summed E-state index contributed by atoms with van der Waals surface area (Å²) >= 11 is 0. The van der Waals surface area contributed by atoms with Crippen molar-refractivity contribution in [3.8, 4) is 5.75 Å². The van der Waals surface area contributed by atoms with Crippen LogP contribution >= 0.6 is 0 Å². The fourth-order valence-electron chi connectivity index (χ4n) is 1.66. The predicted octanol–water partition coefficient (Wildman–Crippen LogP) is 3.09. The number of carbonyl (C=O) groups excluding carboxylic acids is 1. The van der Waals surface area contributed by atoms with Crippen molar-refractivity contribution in [3.63, 3.8) is 0 Å². The Kier molecular flexibility index (Phi) is 5.01. The topological polar surface area (TPSA) is 38.3 Å². The van der Waals surface area contributed by atoms with Crippen LogP contribution in [0.25, 0.3) is 0 Å². The molecule has 0 aliphatic heterocycles. The van der Waals surface area contributed by atoms with E-state index in [0.717, 1.165) is 24.4 Å². The normalized spacial score (nSPS) is 10.1. The minimum atomic E-state index is 0.235. The predicted molar refractivity (Wildman–Crippen MR) is 70.9 cm³/mol. The van der Waals surface area contributed by atoms with E-state index in [2.05, 4.69) is 25.2 Å². The zero-order valence-electron chi connectivity index (χ0n) is 11.1. The van der Waals surface area contributed by atoms with Gasteiger partial charge in [-0.25, -0.2) is 0 Å². The first-order valence-electron chi connectivity index (χ1n) is 5.93. The van der Waals surface area contributed by atoms with Crippen LogP contribution in [0.3, 0.4) is 0 Å². The summed E-state index contributed by atoms with van der Waals surface area (Å²) in [6.45, 7) is 6.56. The van der Waals surface area contributed by atoms with E-state index < -0.39 is 0 Å². The van der Waals surface area contributed by atoms with Gasteiger partial charge in [0.2, 0.25) is 0 Å². The van der Waals surface area contributed by atoms with E-state index in [-0.39, 0.29) is 5.78 Å². The molecule has 1 N–H and O–H groups in total. The van der Waals surface area contributed by atoms with Crippen molar-refractivity contribution < 1.29 is 9.53 Å². The molecule has 0 radical (unpaired) electrons. The number of carbonyl (C=O) groups is 1. The molecule has 0 fully saturated rings. The molecule has 0 spiro atoms. The number of hydrogen-bond donors (Lipinski definition) is 1. The Balaban J connectivity index is 2.63. The molecule has 0 aromatic heterocycles. The summed E-state index contributed by atoms with van der Waals surface area (Å²) in [7, 11) is 1.67.